The number of hydrogen-bond acceptors (Lipinski definition) is 5. The average molecular weight is 313 g/mol. The van der Waals surface area contributed by atoms with Gasteiger partial charge >= 0.3 is 0 Å². The van der Waals surface area contributed by atoms with Crippen LogP contribution >= 0.6 is 22.9 Å². The minimum absolute atomic E-state index is 0.293. The van der Waals surface area contributed by atoms with Crippen molar-refractivity contribution >= 4 is 34.5 Å². The van der Waals surface area contributed by atoms with E-state index < -0.39 is 0 Å². The monoisotopic (exact) mass is 312 g/mol. The molecular formula is C13H13ClN2O3S. The molecule has 0 radical (unpaired) electrons. The Labute approximate surface area is 125 Å². The van der Waals surface area contributed by atoms with E-state index in [1.165, 1.54) is 11.3 Å². The minimum Gasteiger partial charge on any atom is -0.489 e. The van der Waals surface area contributed by atoms with Crippen LogP contribution in [-0.2, 0) is 4.74 Å². The number of anilines is 1. The number of halogens is 1. The zero-order chi connectivity index (χ0) is 14.4. The molecule has 0 spiro atoms. The van der Waals surface area contributed by atoms with E-state index in [-0.39, 0.29) is 5.91 Å². The average Bonchev–Trinajstić information content (AvgIpc) is 2.95. The Morgan fingerprint density at radius 1 is 1.45 bits per heavy atom. The molecule has 20 heavy (non-hydrogen) atoms. The Hall–Kier alpha value is -1.63. The van der Waals surface area contributed by atoms with Crippen molar-refractivity contribution in [2.45, 2.75) is 0 Å². The molecule has 7 heteroatoms. The zero-order valence-corrected chi connectivity index (χ0v) is 12.3. The summed E-state index contributed by atoms with van der Waals surface area (Å²) in [6.45, 7) is 0.848. The van der Waals surface area contributed by atoms with Gasteiger partial charge in [-0.25, -0.2) is 4.98 Å². The van der Waals surface area contributed by atoms with E-state index >= 15 is 0 Å². The van der Waals surface area contributed by atoms with Crippen molar-refractivity contribution in [1.29, 1.82) is 0 Å². The number of nitrogens with zero attached hydrogens (tertiary/aromatic N) is 1. The van der Waals surface area contributed by atoms with Crippen molar-refractivity contribution in [3.05, 3.63) is 39.8 Å². The minimum atomic E-state index is -0.293. The Balaban J connectivity index is 2.12. The second-order valence-electron chi connectivity index (χ2n) is 3.77. The molecule has 1 amide bonds. The van der Waals surface area contributed by atoms with Crippen LogP contribution in [0.4, 0.5) is 5.69 Å². The van der Waals surface area contributed by atoms with Gasteiger partial charge < -0.3 is 14.8 Å². The lowest BCUT2D eigenvalue weighted by atomic mass is 10.3. The standard InChI is InChI=1S/C13H13ClN2O3S/c1-18-5-6-19-11-3-2-9(14)8-10(11)16-12(17)13-15-4-7-20-13/h2-4,7-8H,5-6H2,1H3,(H,16,17). The lowest BCUT2D eigenvalue weighted by Crippen LogP contribution is -2.13. The second kappa shape index (κ2) is 7.23. The first-order valence-corrected chi connectivity index (χ1v) is 7.08. The number of carbonyl (C=O) groups excluding carboxylic acids is 1. The first kappa shape index (κ1) is 14.8. The highest BCUT2D eigenvalue weighted by atomic mass is 35.5. The predicted molar refractivity (Wildman–Crippen MR) is 78.9 cm³/mol. The molecule has 0 saturated carbocycles. The fraction of sp³-hybridized carbons (Fsp3) is 0.231. The summed E-state index contributed by atoms with van der Waals surface area (Å²) in [4.78, 5) is 15.9. The van der Waals surface area contributed by atoms with Crippen molar-refractivity contribution in [3.8, 4) is 5.75 Å². The van der Waals surface area contributed by atoms with E-state index in [1.807, 2.05) is 0 Å². The fourth-order valence-corrected chi connectivity index (χ4v) is 2.17. The van der Waals surface area contributed by atoms with Gasteiger partial charge in [0, 0.05) is 23.7 Å². The Kier molecular flexibility index (Phi) is 5.34. The van der Waals surface area contributed by atoms with Crippen molar-refractivity contribution in [1.82, 2.24) is 4.98 Å². The number of ether oxygens (including phenoxy) is 2. The summed E-state index contributed by atoms with van der Waals surface area (Å²) in [5, 5.41) is 5.37. The van der Waals surface area contributed by atoms with Crippen LogP contribution in [0.25, 0.3) is 0 Å². The molecule has 0 saturated heterocycles. The van der Waals surface area contributed by atoms with Gasteiger partial charge in [0.05, 0.1) is 12.3 Å². The molecule has 2 rings (SSSR count). The number of thiazole rings is 1. The number of aromatic nitrogens is 1. The highest BCUT2D eigenvalue weighted by Crippen LogP contribution is 2.28. The van der Waals surface area contributed by atoms with Crippen molar-refractivity contribution in [2.24, 2.45) is 0 Å². The largest absolute Gasteiger partial charge is 0.489 e. The predicted octanol–water partition coefficient (Wildman–Crippen LogP) is 3.07. The lowest BCUT2D eigenvalue weighted by Gasteiger charge is -2.12. The van der Waals surface area contributed by atoms with Gasteiger partial charge in [-0.05, 0) is 18.2 Å². The van der Waals surface area contributed by atoms with Gasteiger partial charge in [-0.1, -0.05) is 11.6 Å². The first-order chi connectivity index (χ1) is 9.70. The molecular weight excluding hydrogens is 300 g/mol. The highest BCUT2D eigenvalue weighted by molar-refractivity contribution is 7.11. The highest BCUT2D eigenvalue weighted by Gasteiger charge is 2.12. The quantitative estimate of drug-likeness (QED) is 0.833. The molecule has 0 unspecified atom stereocenters. The maximum Gasteiger partial charge on any atom is 0.284 e. The molecule has 106 valence electrons. The van der Waals surface area contributed by atoms with Crippen molar-refractivity contribution in [3.63, 3.8) is 0 Å². The van der Waals surface area contributed by atoms with Gasteiger partial charge in [0.25, 0.3) is 5.91 Å². The molecule has 1 heterocycles. The van der Waals surface area contributed by atoms with Crippen molar-refractivity contribution in [2.75, 3.05) is 25.6 Å². The van der Waals surface area contributed by atoms with E-state index in [9.17, 15) is 4.79 Å². The molecule has 0 aliphatic rings. The number of benzene rings is 1. The summed E-state index contributed by atoms with van der Waals surface area (Å²) in [5.74, 6) is 0.246. The first-order valence-electron chi connectivity index (χ1n) is 5.83. The summed E-state index contributed by atoms with van der Waals surface area (Å²) in [7, 11) is 1.59. The third-order valence-corrected chi connectivity index (χ3v) is 3.37. The van der Waals surface area contributed by atoms with Gasteiger partial charge in [0.15, 0.2) is 5.01 Å². The van der Waals surface area contributed by atoms with E-state index in [2.05, 4.69) is 10.3 Å². The van der Waals surface area contributed by atoms with Crippen LogP contribution in [0.15, 0.2) is 29.8 Å². The fourth-order valence-electron chi connectivity index (χ4n) is 1.47. The molecule has 2 aromatic rings. The summed E-state index contributed by atoms with van der Waals surface area (Å²) < 4.78 is 10.5. The molecule has 0 atom stereocenters. The molecule has 0 bridgehead atoms. The van der Waals surface area contributed by atoms with Crippen LogP contribution in [0, 0.1) is 0 Å². The molecule has 0 aliphatic heterocycles. The lowest BCUT2D eigenvalue weighted by molar-refractivity contribution is 0.102. The van der Waals surface area contributed by atoms with Crippen LogP contribution in [0.5, 0.6) is 5.75 Å². The third kappa shape index (κ3) is 3.93. The van der Waals surface area contributed by atoms with E-state index in [4.69, 9.17) is 21.1 Å². The smallest absolute Gasteiger partial charge is 0.284 e. The Bertz CT molecular complexity index is 575. The zero-order valence-electron chi connectivity index (χ0n) is 10.8. The summed E-state index contributed by atoms with van der Waals surface area (Å²) in [6.07, 6.45) is 1.58. The summed E-state index contributed by atoms with van der Waals surface area (Å²) in [6, 6.07) is 5.04. The number of hydrogen-bond donors (Lipinski definition) is 1. The molecule has 1 aromatic carbocycles. The Morgan fingerprint density at radius 2 is 2.30 bits per heavy atom. The maximum atomic E-state index is 12.0. The van der Waals surface area contributed by atoms with Gasteiger partial charge in [-0.15, -0.1) is 11.3 Å². The van der Waals surface area contributed by atoms with Gasteiger partial charge in [0.2, 0.25) is 0 Å². The number of amides is 1. The number of carbonyl (C=O) groups is 1. The van der Waals surface area contributed by atoms with Gasteiger partial charge in [0.1, 0.15) is 12.4 Å². The van der Waals surface area contributed by atoms with Crippen molar-refractivity contribution < 1.29 is 14.3 Å². The maximum absolute atomic E-state index is 12.0. The topological polar surface area (TPSA) is 60.5 Å². The summed E-state index contributed by atoms with van der Waals surface area (Å²) in [5.41, 5.74) is 0.508. The van der Waals surface area contributed by atoms with Crippen LogP contribution in [-0.4, -0.2) is 31.2 Å². The van der Waals surface area contributed by atoms with Gasteiger partial charge in [-0.3, -0.25) is 4.79 Å². The second-order valence-corrected chi connectivity index (χ2v) is 5.10. The SMILES string of the molecule is COCCOc1ccc(Cl)cc1NC(=O)c1nccs1. The van der Waals surface area contributed by atoms with E-state index in [0.717, 1.165) is 0 Å². The van der Waals surface area contributed by atoms with Crippen LogP contribution < -0.4 is 10.1 Å². The Morgan fingerprint density at radius 3 is 3.00 bits per heavy atom. The number of rotatable bonds is 6. The molecule has 1 N–H and O–H groups in total. The molecule has 1 aromatic heterocycles. The normalized spacial score (nSPS) is 10.3. The van der Waals surface area contributed by atoms with Crippen LogP contribution in [0.3, 0.4) is 0 Å². The number of nitrogens with one attached hydrogen (secondary N) is 1. The number of methoxy groups -OCH3 is 1. The van der Waals surface area contributed by atoms with Crippen LogP contribution in [0.2, 0.25) is 5.02 Å². The molecule has 0 aliphatic carbocycles. The van der Waals surface area contributed by atoms with E-state index in [0.29, 0.717) is 34.7 Å². The van der Waals surface area contributed by atoms with E-state index in [1.54, 1.807) is 36.9 Å². The van der Waals surface area contributed by atoms with Gasteiger partial charge in [-0.2, -0.15) is 0 Å². The molecule has 5 nitrogen and oxygen atoms in total. The summed E-state index contributed by atoms with van der Waals surface area (Å²) >= 11 is 7.21. The van der Waals surface area contributed by atoms with Crippen LogP contribution in [0.1, 0.15) is 9.80 Å². The molecule has 0 fully saturated rings. The third-order valence-electron chi connectivity index (χ3n) is 2.36.